The van der Waals surface area contributed by atoms with Gasteiger partial charge in [-0.25, -0.2) is 4.79 Å². The van der Waals surface area contributed by atoms with Crippen LogP contribution >= 0.6 is 24.4 Å². The SMILES string of the molecule is CSCC[C@H](NC(=O)CNC(=O)[C@H](CC(N)=O)NC(=O)CNC(=O)[C@H](CS)NC(=O)[C@@H](NC(=O)[C@@H](N)CCCCN)[C@@H](C)O)C(=O)N[C@@H](CCC(=O)O)C(=O)O. The number of carbonyl (C=O) groups is 10. The van der Waals surface area contributed by atoms with Crippen LogP contribution in [0.5, 0.6) is 0 Å². The number of amides is 8. The molecule has 0 aliphatic heterocycles. The first-order chi connectivity index (χ1) is 26.3. The summed E-state index contributed by atoms with van der Waals surface area (Å²) >= 11 is 5.34. The minimum absolute atomic E-state index is 0.0319. The van der Waals surface area contributed by atoms with E-state index >= 15 is 0 Å². The third-order valence-corrected chi connectivity index (χ3v) is 8.62. The van der Waals surface area contributed by atoms with Gasteiger partial charge in [-0.2, -0.15) is 24.4 Å². The number of nitrogens with one attached hydrogen (secondary N) is 7. The molecular formula is C31H54N10O13S2. The molecule has 0 aliphatic rings. The van der Waals surface area contributed by atoms with Gasteiger partial charge < -0.3 is 69.7 Å². The molecule has 7 atom stereocenters. The predicted molar refractivity (Wildman–Crippen MR) is 203 cm³/mol. The quantitative estimate of drug-likeness (QED) is 0.0246. The Morgan fingerprint density at radius 2 is 1.25 bits per heavy atom. The first-order valence-electron chi connectivity index (χ1n) is 17.3. The van der Waals surface area contributed by atoms with Gasteiger partial charge >= 0.3 is 11.9 Å². The van der Waals surface area contributed by atoms with Crippen LogP contribution in [-0.4, -0.2) is 154 Å². The van der Waals surface area contributed by atoms with Crippen LogP contribution in [0.3, 0.4) is 0 Å². The molecule has 0 aromatic heterocycles. The van der Waals surface area contributed by atoms with Crippen LogP contribution in [-0.2, 0) is 47.9 Å². The lowest BCUT2D eigenvalue weighted by molar-refractivity contribution is -0.143. The second-order valence-electron chi connectivity index (χ2n) is 12.3. The predicted octanol–water partition coefficient (Wildman–Crippen LogP) is -6.01. The summed E-state index contributed by atoms with van der Waals surface area (Å²) in [6.45, 7) is 0.0669. The van der Waals surface area contributed by atoms with Crippen molar-refractivity contribution in [3.8, 4) is 0 Å². The largest absolute Gasteiger partial charge is 0.481 e. The van der Waals surface area contributed by atoms with Crippen LogP contribution in [0.15, 0.2) is 0 Å². The van der Waals surface area contributed by atoms with E-state index in [0.717, 1.165) is 0 Å². The number of aliphatic carboxylic acids is 2. The summed E-state index contributed by atoms with van der Waals surface area (Å²) in [4.78, 5) is 123. The molecule has 0 aromatic rings. The zero-order chi connectivity index (χ0) is 43.0. The van der Waals surface area contributed by atoms with E-state index in [2.05, 4.69) is 49.8 Å². The topological polar surface area (TPSA) is 394 Å². The van der Waals surface area contributed by atoms with Gasteiger partial charge in [0, 0.05) is 12.2 Å². The Balaban J connectivity index is 5.37. The standard InChI is InChI=1S/C31H54N10O13S2/c1-15(42)25(41-26(48)16(33)5-3-4-9-32)30(52)40-20(14-55)28(50)36-13-23(45)38-19(11-21(34)43)27(49)35-12-22(44)37-17(8-10-56-2)29(51)39-18(31(53)54)6-7-24(46)47/h15-20,25,42,55H,3-14,32-33H2,1-2H3,(H2,34,43)(H,35,49)(H,36,50)(H,37,44)(H,38,45)(H,39,51)(H,40,52)(H,41,48)(H,46,47)(H,53,54)/t15-,16+,17+,18+,19+,20+,25+/m1/s1. The molecule has 25 heteroatoms. The van der Waals surface area contributed by atoms with Gasteiger partial charge in [0.15, 0.2) is 0 Å². The van der Waals surface area contributed by atoms with Gasteiger partial charge in [-0.05, 0) is 51.2 Å². The number of aliphatic hydroxyl groups is 1. The van der Waals surface area contributed by atoms with Gasteiger partial charge in [-0.3, -0.25) is 43.2 Å². The number of thioether (sulfide) groups is 1. The van der Waals surface area contributed by atoms with E-state index in [1.54, 1.807) is 6.26 Å². The third-order valence-electron chi connectivity index (χ3n) is 7.61. The van der Waals surface area contributed by atoms with E-state index in [9.17, 15) is 58.2 Å². The highest BCUT2D eigenvalue weighted by molar-refractivity contribution is 7.98. The maximum absolute atomic E-state index is 12.9. The zero-order valence-electron chi connectivity index (χ0n) is 31.0. The fraction of sp³-hybridized carbons (Fsp3) is 0.677. The lowest BCUT2D eigenvalue weighted by Gasteiger charge is -2.25. The Morgan fingerprint density at radius 1 is 0.696 bits per heavy atom. The molecule has 0 rings (SSSR count). The maximum atomic E-state index is 12.9. The summed E-state index contributed by atoms with van der Waals surface area (Å²) < 4.78 is 0. The number of carbonyl (C=O) groups excluding carboxylic acids is 8. The Hall–Kier alpha value is -4.72. The highest BCUT2D eigenvalue weighted by atomic mass is 32.2. The molecule has 0 saturated heterocycles. The molecule has 318 valence electrons. The van der Waals surface area contributed by atoms with Crippen molar-refractivity contribution in [1.82, 2.24) is 37.2 Å². The molecular weight excluding hydrogens is 785 g/mol. The monoisotopic (exact) mass is 838 g/mol. The van der Waals surface area contributed by atoms with Crippen LogP contribution in [0.4, 0.5) is 0 Å². The van der Waals surface area contributed by atoms with E-state index in [-0.39, 0.29) is 18.6 Å². The van der Waals surface area contributed by atoms with E-state index in [4.69, 9.17) is 22.3 Å². The molecule has 0 aromatic carbocycles. The normalized spacial score (nSPS) is 14.5. The van der Waals surface area contributed by atoms with Crippen molar-refractivity contribution in [1.29, 1.82) is 0 Å². The van der Waals surface area contributed by atoms with Crippen molar-refractivity contribution < 1.29 is 63.3 Å². The highest BCUT2D eigenvalue weighted by Crippen LogP contribution is 2.05. The second-order valence-corrected chi connectivity index (χ2v) is 13.7. The van der Waals surface area contributed by atoms with Crippen LogP contribution < -0.4 is 54.4 Å². The summed E-state index contributed by atoms with van der Waals surface area (Å²) in [5, 5.41) is 44.0. The smallest absolute Gasteiger partial charge is 0.326 e. The summed E-state index contributed by atoms with van der Waals surface area (Å²) in [6, 6.07) is -8.34. The number of carboxylic acids is 2. The molecule has 23 nitrogen and oxygen atoms in total. The average molecular weight is 839 g/mol. The molecule has 8 amide bonds. The van der Waals surface area contributed by atoms with Gasteiger partial charge in [0.05, 0.1) is 31.7 Å². The van der Waals surface area contributed by atoms with E-state index < -0.39 is 134 Å². The van der Waals surface area contributed by atoms with Gasteiger partial charge in [-0.1, -0.05) is 6.42 Å². The fourth-order valence-electron chi connectivity index (χ4n) is 4.55. The fourth-order valence-corrected chi connectivity index (χ4v) is 5.27. The lowest BCUT2D eigenvalue weighted by Crippen LogP contribution is -2.59. The molecule has 0 radical (unpaired) electrons. The van der Waals surface area contributed by atoms with Crippen molar-refractivity contribution in [3.05, 3.63) is 0 Å². The third kappa shape index (κ3) is 21.4. The number of nitrogens with two attached hydrogens (primary N) is 3. The Labute approximate surface area is 332 Å². The van der Waals surface area contributed by atoms with Crippen molar-refractivity contribution >= 4 is 83.6 Å². The number of rotatable bonds is 29. The van der Waals surface area contributed by atoms with E-state index in [1.807, 2.05) is 0 Å². The minimum Gasteiger partial charge on any atom is -0.481 e. The number of unbranched alkanes of at least 4 members (excludes halogenated alkanes) is 1. The Kier molecular flexibility index (Phi) is 25.5. The second kappa shape index (κ2) is 27.8. The number of aliphatic hydroxyl groups excluding tert-OH is 1. The molecule has 0 bridgehead atoms. The summed E-state index contributed by atoms with van der Waals surface area (Å²) in [6.07, 6.45) is 0.0825. The van der Waals surface area contributed by atoms with Gasteiger partial charge in [0.2, 0.25) is 47.3 Å². The highest BCUT2D eigenvalue weighted by Gasteiger charge is 2.32. The molecule has 56 heavy (non-hydrogen) atoms. The number of hydrogen-bond acceptors (Lipinski definition) is 15. The maximum Gasteiger partial charge on any atom is 0.326 e. The zero-order valence-corrected chi connectivity index (χ0v) is 32.7. The van der Waals surface area contributed by atoms with Crippen molar-refractivity contribution in [2.45, 2.75) is 94.2 Å². The van der Waals surface area contributed by atoms with Gasteiger partial charge in [0.25, 0.3) is 0 Å². The van der Waals surface area contributed by atoms with Crippen molar-refractivity contribution in [3.63, 3.8) is 0 Å². The average Bonchev–Trinajstić information content (AvgIpc) is 3.12. The summed E-state index contributed by atoms with van der Waals surface area (Å²) in [5.74, 6) is -10.3. The molecule has 0 aliphatic carbocycles. The first-order valence-corrected chi connectivity index (χ1v) is 19.3. The van der Waals surface area contributed by atoms with Crippen LogP contribution in [0.2, 0.25) is 0 Å². The lowest BCUT2D eigenvalue weighted by atomic mass is 10.1. The van der Waals surface area contributed by atoms with E-state index in [1.165, 1.54) is 18.7 Å². The number of thiol groups is 1. The molecule has 0 heterocycles. The van der Waals surface area contributed by atoms with Crippen molar-refractivity contribution in [2.75, 3.05) is 37.4 Å². The molecule has 0 saturated carbocycles. The summed E-state index contributed by atoms with van der Waals surface area (Å²) in [5.41, 5.74) is 16.5. The Bertz CT molecular complexity index is 1390. The molecule has 0 unspecified atom stereocenters. The summed E-state index contributed by atoms with van der Waals surface area (Å²) in [7, 11) is 0. The van der Waals surface area contributed by atoms with Crippen LogP contribution in [0, 0.1) is 0 Å². The van der Waals surface area contributed by atoms with Gasteiger partial charge in [-0.15, -0.1) is 0 Å². The number of carboxylic acid groups (broad SMARTS) is 2. The van der Waals surface area contributed by atoms with E-state index in [0.29, 0.717) is 25.1 Å². The van der Waals surface area contributed by atoms with Crippen LogP contribution in [0.1, 0.15) is 51.9 Å². The minimum atomic E-state index is -1.64. The van der Waals surface area contributed by atoms with Crippen molar-refractivity contribution in [2.24, 2.45) is 17.2 Å². The molecule has 0 fully saturated rings. The van der Waals surface area contributed by atoms with Crippen LogP contribution in [0.25, 0.3) is 0 Å². The molecule has 16 N–H and O–H groups in total. The van der Waals surface area contributed by atoms with Gasteiger partial charge in [0.1, 0.15) is 30.2 Å². The Morgan fingerprint density at radius 3 is 1.73 bits per heavy atom. The first kappa shape index (κ1) is 51.3. The number of primary amides is 1. The molecule has 0 spiro atoms. The number of hydrogen-bond donors (Lipinski definition) is 14.